The highest BCUT2D eigenvalue weighted by Crippen LogP contribution is 2.42. The van der Waals surface area contributed by atoms with E-state index >= 15 is 0 Å². The van der Waals surface area contributed by atoms with Gasteiger partial charge in [-0.05, 0) is 36.8 Å². The van der Waals surface area contributed by atoms with E-state index in [4.69, 9.17) is 0 Å². The van der Waals surface area contributed by atoms with E-state index in [1.807, 2.05) is 12.1 Å². The summed E-state index contributed by atoms with van der Waals surface area (Å²) in [5.74, 6) is 1.97. The summed E-state index contributed by atoms with van der Waals surface area (Å²) >= 11 is 0. The van der Waals surface area contributed by atoms with Crippen LogP contribution in [0.25, 0.3) is 0 Å². The van der Waals surface area contributed by atoms with Gasteiger partial charge < -0.3 is 5.32 Å². The molecule has 1 saturated heterocycles. The van der Waals surface area contributed by atoms with Crippen molar-refractivity contribution >= 4 is 15.6 Å². The first kappa shape index (κ1) is 18.2. The molecule has 2 aliphatic carbocycles. The second kappa shape index (κ2) is 7.43. The first-order chi connectivity index (χ1) is 12.5. The molecular formula is C21H29NO3S. The monoisotopic (exact) mass is 375 g/mol. The Morgan fingerprint density at radius 3 is 2.54 bits per heavy atom. The van der Waals surface area contributed by atoms with Crippen molar-refractivity contribution in [1.82, 2.24) is 5.32 Å². The lowest BCUT2D eigenvalue weighted by Gasteiger charge is -2.23. The third-order valence-electron chi connectivity index (χ3n) is 6.38. The molecule has 5 heteroatoms. The number of benzene rings is 1. The van der Waals surface area contributed by atoms with E-state index < -0.39 is 9.84 Å². The van der Waals surface area contributed by atoms with Crippen LogP contribution in [0.1, 0.15) is 73.2 Å². The van der Waals surface area contributed by atoms with Gasteiger partial charge in [0.1, 0.15) is 9.84 Å². The molecule has 4 rings (SSSR count). The van der Waals surface area contributed by atoms with Crippen LogP contribution in [0.3, 0.4) is 0 Å². The molecule has 0 amide bonds. The van der Waals surface area contributed by atoms with Crippen molar-refractivity contribution in [3.8, 4) is 0 Å². The lowest BCUT2D eigenvalue weighted by molar-refractivity contribution is 0.0962. The summed E-state index contributed by atoms with van der Waals surface area (Å²) in [5.41, 5.74) is 2.12. The zero-order chi connectivity index (χ0) is 18.1. The van der Waals surface area contributed by atoms with Gasteiger partial charge in [0, 0.05) is 30.0 Å². The van der Waals surface area contributed by atoms with Crippen molar-refractivity contribution in [3.05, 3.63) is 35.4 Å². The van der Waals surface area contributed by atoms with Crippen LogP contribution in [-0.2, 0) is 9.84 Å². The molecule has 1 aromatic rings. The second-order valence-electron chi connectivity index (χ2n) is 8.44. The number of nitrogens with one attached hydrogen (secondary N) is 1. The van der Waals surface area contributed by atoms with Gasteiger partial charge in [-0.1, -0.05) is 43.9 Å². The zero-order valence-corrected chi connectivity index (χ0v) is 16.1. The number of ketones is 1. The topological polar surface area (TPSA) is 63.2 Å². The quantitative estimate of drug-likeness (QED) is 0.773. The molecule has 2 saturated carbocycles. The van der Waals surface area contributed by atoms with Gasteiger partial charge in [0.15, 0.2) is 5.78 Å². The highest BCUT2D eigenvalue weighted by molar-refractivity contribution is 7.91. The maximum absolute atomic E-state index is 12.6. The fourth-order valence-corrected chi connectivity index (χ4v) is 6.14. The normalized spacial score (nSPS) is 28.9. The smallest absolute Gasteiger partial charge is 0.163 e. The van der Waals surface area contributed by atoms with Crippen molar-refractivity contribution in [3.63, 3.8) is 0 Å². The Labute approximate surface area is 156 Å². The van der Waals surface area contributed by atoms with Gasteiger partial charge in [-0.15, -0.1) is 0 Å². The molecule has 3 aliphatic rings. The standard InChI is InChI=1S/C21H29NO3S/c23-21(12-15-4-1-2-5-15)17-7-3-6-16(13-17)19-14-20(19)22-18-8-10-26(24,25)11-9-18/h3,6-7,13,15,18-20,22H,1-2,4-5,8-12,14H2. The summed E-state index contributed by atoms with van der Waals surface area (Å²) in [6.45, 7) is 0. The lowest BCUT2D eigenvalue weighted by atomic mass is 9.95. The number of sulfone groups is 1. The van der Waals surface area contributed by atoms with Crippen LogP contribution in [-0.4, -0.2) is 37.8 Å². The van der Waals surface area contributed by atoms with Crippen LogP contribution in [0.2, 0.25) is 0 Å². The zero-order valence-electron chi connectivity index (χ0n) is 15.3. The molecule has 2 unspecified atom stereocenters. The molecular weight excluding hydrogens is 346 g/mol. The SMILES string of the molecule is O=C(CC1CCCC1)c1cccc(C2CC2NC2CCS(=O)(=O)CC2)c1. The molecule has 1 aromatic carbocycles. The van der Waals surface area contributed by atoms with E-state index in [9.17, 15) is 13.2 Å². The van der Waals surface area contributed by atoms with E-state index in [1.54, 1.807) is 0 Å². The number of carbonyl (C=O) groups is 1. The number of hydrogen-bond donors (Lipinski definition) is 1. The van der Waals surface area contributed by atoms with Crippen molar-refractivity contribution in [2.45, 2.75) is 69.4 Å². The van der Waals surface area contributed by atoms with Crippen molar-refractivity contribution < 1.29 is 13.2 Å². The van der Waals surface area contributed by atoms with E-state index in [0.717, 1.165) is 24.8 Å². The molecule has 0 bridgehead atoms. The highest BCUT2D eigenvalue weighted by atomic mass is 32.2. The fourth-order valence-electron chi connectivity index (χ4n) is 4.64. The average Bonchev–Trinajstić information content (AvgIpc) is 3.20. The fraction of sp³-hybridized carbons (Fsp3) is 0.667. The summed E-state index contributed by atoms with van der Waals surface area (Å²) in [6, 6.07) is 8.94. The van der Waals surface area contributed by atoms with Crippen LogP contribution in [0.5, 0.6) is 0 Å². The summed E-state index contributed by atoms with van der Waals surface area (Å²) < 4.78 is 23.1. The average molecular weight is 376 g/mol. The number of hydrogen-bond acceptors (Lipinski definition) is 4. The maximum Gasteiger partial charge on any atom is 0.163 e. The first-order valence-electron chi connectivity index (χ1n) is 10.1. The van der Waals surface area contributed by atoms with E-state index in [-0.39, 0.29) is 0 Å². The summed E-state index contributed by atoms with van der Waals surface area (Å²) in [7, 11) is -2.80. The molecule has 0 aromatic heterocycles. The Morgan fingerprint density at radius 2 is 1.81 bits per heavy atom. The lowest BCUT2D eigenvalue weighted by Crippen LogP contribution is -2.39. The van der Waals surface area contributed by atoms with Crippen LogP contribution >= 0.6 is 0 Å². The van der Waals surface area contributed by atoms with Crippen molar-refractivity contribution in [2.75, 3.05) is 11.5 Å². The predicted octanol–water partition coefficient (Wildman–Crippen LogP) is 3.47. The molecule has 4 nitrogen and oxygen atoms in total. The van der Waals surface area contributed by atoms with E-state index in [0.29, 0.717) is 47.6 Å². The molecule has 0 radical (unpaired) electrons. The van der Waals surface area contributed by atoms with Gasteiger partial charge in [0.05, 0.1) is 11.5 Å². The van der Waals surface area contributed by atoms with E-state index in [2.05, 4.69) is 17.4 Å². The van der Waals surface area contributed by atoms with Crippen LogP contribution in [0, 0.1) is 5.92 Å². The van der Waals surface area contributed by atoms with Gasteiger partial charge in [-0.2, -0.15) is 0 Å². The molecule has 3 fully saturated rings. The molecule has 1 heterocycles. The minimum absolute atomic E-state index is 0.293. The molecule has 142 valence electrons. The minimum Gasteiger partial charge on any atom is -0.311 e. The first-order valence-corrected chi connectivity index (χ1v) is 11.9. The van der Waals surface area contributed by atoms with Crippen LogP contribution in [0.4, 0.5) is 0 Å². The van der Waals surface area contributed by atoms with Crippen LogP contribution < -0.4 is 5.32 Å². The number of Topliss-reactive ketones (excluding diaryl/α,β-unsaturated/α-hetero) is 1. The summed E-state index contributed by atoms with van der Waals surface area (Å²) in [5, 5.41) is 3.64. The maximum atomic E-state index is 12.6. The van der Waals surface area contributed by atoms with Gasteiger partial charge in [-0.3, -0.25) is 4.79 Å². The van der Waals surface area contributed by atoms with Gasteiger partial charge in [0.25, 0.3) is 0 Å². The molecule has 2 atom stereocenters. The molecule has 1 aliphatic heterocycles. The van der Waals surface area contributed by atoms with Gasteiger partial charge in [-0.25, -0.2) is 8.42 Å². The third kappa shape index (κ3) is 4.37. The molecule has 26 heavy (non-hydrogen) atoms. The second-order valence-corrected chi connectivity index (χ2v) is 10.7. The van der Waals surface area contributed by atoms with E-state index in [1.165, 1.54) is 31.2 Å². The Kier molecular flexibility index (Phi) is 5.20. The molecule has 0 spiro atoms. The number of carbonyl (C=O) groups excluding carboxylic acids is 1. The highest BCUT2D eigenvalue weighted by Gasteiger charge is 2.40. The van der Waals surface area contributed by atoms with Gasteiger partial charge in [0.2, 0.25) is 0 Å². The van der Waals surface area contributed by atoms with Gasteiger partial charge >= 0.3 is 0 Å². The Balaban J connectivity index is 1.32. The Hall–Kier alpha value is -1.20. The predicted molar refractivity (Wildman–Crippen MR) is 103 cm³/mol. The Bertz CT molecular complexity index is 753. The minimum atomic E-state index is -2.80. The molecule has 1 N–H and O–H groups in total. The van der Waals surface area contributed by atoms with Crippen LogP contribution in [0.15, 0.2) is 24.3 Å². The van der Waals surface area contributed by atoms with Crippen molar-refractivity contribution in [1.29, 1.82) is 0 Å². The largest absolute Gasteiger partial charge is 0.311 e. The van der Waals surface area contributed by atoms with Crippen molar-refractivity contribution in [2.24, 2.45) is 5.92 Å². The number of rotatable bonds is 6. The third-order valence-corrected chi connectivity index (χ3v) is 8.10. The summed E-state index contributed by atoms with van der Waals surface area (Å²) in [4.78, 5) is 12.6. The Morgan fingerprint density at radius 1 is 1.08 bits per heavy atom. The summed E-state index contributed by atoms with van der Waals surface area (Å²) in [6.07, 6.45) is 8.20.